The molecular weight excluding hydrogens is 438 g/mol. The molecule has 33 heavy (non-hydrogen) atoms. The first-order valence-electron chi connectivity index (χ1n) is 10.6. The summed E-state index contributed by atoms with van der Waals surface area (Å²) >= 11 is 5.85. The van der Waals surface area contributed by atoms with Gasteiger partial charge in [0.1, 0.15) is 12.7 Å². The lowest BCUT2D eigenvalue weighted by atomic mass is 9.96. The predicted octanol–water partition coefficient (Wildman–Crippen LogP) is 3.31. The van der Waals surface area contributed by atoms with Crippen molar-refractivity contribution in [3.63, 3.8) is 0 Å². The van der Waals surface area contributed by atoms with Crippen LogP contribution in [0.15, 0.2) is 61.3 Å². The Morgan fingerprint density at radius 3 is 2.64 bits per heavy atom. The Balaban J connectivity index is 1.52. The van der Waals surface area contributed by atoms with Crippen molar-refractivity contribution in [3.8, 4) is 11.5 Å². The zero-order chi connectivity index (χ0) is 22.5. The number of aromatic nitrogens is 5. The average molecular weight is 460 g/mol. The highest BCUT2D eigenvalue weighted by Gasteiger charge is 2.42. The Bertz CT molecular complexity index is 1340. The van der Waals surface area contributed by atoms with Crippen LogP contribution in [-0.2, 0) is 0 Å². The van der Waals surface area contributed by atoms with Gasteiger partial charge in [0.25, 0.3) is 0 Å². The molecule has 1 fully saturated rings. The van der Waals surface area contributed by atoms with Crippen molar-refractivity contribution in [1.29, 1.82) is 0 Å². The van der Waals surface area contributed by atoms with Gasteiger partial charge in [-0.15, -0.1) is 10.2 Å². The zero-order valence-electron chi connectivity index (χ0n) is 18.0. The van der Waals surface area contributed by atoms with E-state index in [0.717, 1.165) is 34.1 Å². The maximum Gasteiger partial charge on any atom is 0.231 e. The standard InChI is InChI=1S/C23H21N7O2S/c1-14-9-17(15(2)30(14)28-11-25-26-12-28)22-21(18-5-3-4-8-24-18)27-23(33)29(22)16-6-7-19-20(10-16)32-13-31-19/h3-12,21-22H,13H2,1-2H3,(H,27,33)/t21-,22-/m0/s1. The van der Waals surface area contributed by atoms with Crippen molar-refractivity contribution in [2.75, 3.05) is 11.7 Å². The first-order chi connectivity index (χ1) is 16.1. The first-order valence-corrected chi connectivity index (χ1v) is 11.0. The molecule has 3 aromatic heterocycles. The van der Waals surface area contributed by atoms with Gasteiger partial charge in [0.05, 0.1) is 17.8 Å². The van der Waals surface area contributed by atoms with Crippen LogP contribution in [0.1, 0.15) is 34.7 Å². The van der Waals surface area contributed by atoms with Crippen molar-refractivity contribution in [3.05, 3.63) is 84.0 Å². The van der Waals surface area contributed by atoms with Crippen molar-refractivity contribution >= 4 is 23.0 Å². The van der Waals surface area contributed by atoms with Crippen molar-refractivity contribution in [1.82, 2.24) is 29.9 Å². The van der Waals surface area contributed by atoms with E-state index in [1.807, 2.05) is 41.1 Å². The number of benzene rings is 1. The number of pyridine rings is 1. The third kappa shape index (κ3) is 3.13. The van der Waals surface area contributed by atoms with Gasteiger partial charge < -0.3 is 19.7 Å². The minimum atomic E-state index is -0.140. The van der Waals surface area contributed by atoms with Crippen LogP contribution in [0.5, 0.6) is 11.5 Å². The second-order valence-electron chi connectivity index (χ2n) is 8.01. The third-order valence-electron chi connectivity index (χ3n) is 6.12. The summed E-state index contributed by atoms with van der Waals surface area (Å²) in [7, 11) is 0. The first kappa shape index (κ1) is 19.7. The van der Waals surface area contributed by atoms with Crippen LogP contribution in [-0.4, -0.2) is 36.4 Å². The Hall–Kier alpha value is -3.92. The molecule has 0 unspecified atom stereocenters. The van der Waals surface area contributed by atoms with Gasteiger partial charge in [-0.05, 0) is 56.4 Å². The molecule has 1 N–H and O–H groups in total. The number of nitrogens with one attached hydrogen (secondary N) is 1. The second-order valence-corrected chi connectivity index (χ2v) is 8.40. The van der Waals surface area contributed by atoms with Gasteiger partial charge in [-0.25, -0.2) is 4.68 Å². The largest absolute Gasteiger partial charge is 0.454 e. The molecule has 5 heterocycles. The van der Waals surface area contributed by atoms with Crippen LogP contribution in [0, 0.1) is 13.8 Å². The molecule has 9 nitrogen and oxygen atoms in total. The molecule has 10 heteroatoms. The Kier molecular flexibility index (Phi) is 4.54. The molecule has 0 amide bonds. The number of fused-ring (bicyclic) bond motifs is 1. The van der Waals surface area contributed by atoms with E-state index in [1.54, 1.807) is 18.9 Å². The normalized spacial score (nSPS) is 19.2. The topological polar surface area (TPSA) is 82.3 Å². The number of rotatable bonds is 4. The van der Waals surface area contributed by atoms with E-state index in [1.165, 1.54) is 0 Å². The van der Waals surface area contributed by atoms with Gasteiger partial charge in [0.2, 0.25) is 6.79 Å². The molecule has 0 spiro atoms. The van der Waals surface area contributed by atoms with Gasteiger partial charge >= 0.3 is 0 Å². The summed E-state index contributed by atoms with van der Waals surface area (Å²) in [6, 6.07) is 13.8. The number of hydrogen-bond donors (Lipinski definition) is 1. The van der Waals surface area contributed by atoms with Crippen molar-refractivity contribution < 1.29 is 9.47 Å². The second kappa shape index (κ2) is 7.59. The van der Waals surface area contributed by atoms with E-state index in [2.05, 4.69) is 50.0 Å². The Morgan fingerprint density at radius 1 is 1.03 bits per heavy atom. The van der Waals surface area contributed by atoms with Crippen LogP contribution in [0.3, 0.4) is 0 Å². The molecular formula is C23H21N7O2S. The highest BCUT2D eigenvalue weighted by Crippen LogP contribution is 2.45. The Morgan fingerprint density at radius 2 is 1.85 bits per heavy atom. The molecule has 0 aliphatic carbocycles. The summed E-state index contributed by atoms with van der Waals surface area (Å²) in [4.78, 5) is 6.77. The lowest BCUT2D eigenvalue weighted by molar-refractivity contribution is 0.174. The van der Waals surface area contributed by atoms with Crippen molar-refractivity contribution in [2.24, 2.45) is 0 Å². The average Bonchev–Trinajstić information content (AvgIpc) is 3.60. The number of aryl methyl sites for hydroxylation is 1. The fourth-order valence-electron chi connectivity index (χ4n) is 4.71. The lowest BCUT2D eigenvalue weighted by Gasteiger charge is -2.28. The summed E-state index contributed by atoms with van der Waals surface area (Å²) in [5, 5.41) is 12.1. The summed E-state index contributed by atoms with van der Waals surface area (Å²) in [6.07, 6.45) is 5.18. The molecule has 4 aromatic rings. The molecule has 0 radical (unpaired) electrons. The zero-order valence-corrected chi connectivity index (χ0v) is 18.9. The summed E-state index contributed by atoms with van der Waals surface area (Å²) in [5.74, 6) is 1.45. The number of hydrogen-bond acceptors (Lipinski definition) is 6. The molecule has 2 aliphatic heterocycles. The van der Waals surface area contributed by atoms with Crippen molar-refractivity contribution in [2.45, 2.75) is 25.9 Å². The Labute approximate surface area is 195 Å². The van der Waals surface area contributed by atoms with E-state index in [0.29, 0.717) is 10.9 Å². The maximum atomic E-state index is 5.85. The number of nitrogens with zero attached hydrogens (tertiary/aromatic N) is 6. The molecule has 166 valence electrons. The maximum absolute atomic E-state index is 5.85. The number of ether oxygens (including phenoxy) is 2. The summed E-state index contributed by atoms with van der Waals surface area (Å²) in [5.41, 5.74) is 5.10. The lowest BCUT2D eigenvalue weighted by Crippen LogP contribution is -2.29. The number of anilines is 1. The molecule has 6 rings (SSSR count). The van der Waals surface area contributed by atoms with E-state index < -0.39 is 0 Å². The molecule has 0 bridgehead atoms. The van der Waals surface area contributed by atoms with Gasteiger partial charge in [-0.1, -0.05) is 6.07 Å². The molecule has 0 saturated carbocycles. The minimum Gasteiger partial charge on any atom is -0.454 e. The quantitative estimate of drug-likeness (QED) is 0.466. The van der Waals surface area contributed by atoms with Crippen LogP contribution in [0.2, 0.25) is 0 Å². The van der Waals surface area contributed by atoms with Crippen LogP contribution in [0.4, 0.5) is 5.69 Å². The highest BCUT2D eigenvalue weighted by molar-refractivity contribution is 7.80. The molecule has 1 saturated heterocycles. The van der Waals surface area contributed by atoms with Crippen LogP contribution >= 0.6 is 12.2 Å². The van der Waals surface area contributed by atoms with Crippen LogP contribution < -0.4 is 19.7 Å². The monoisotopic (exact) mass is 459 g/mol. The minimum absolute atomic E-state index is 0.135. The molecule has 2 atom stereocenters. The molecule has 1 aromatic carbocycles. The predicted molar refractivity (Wildman–Crippen MR) is 125 cm³/mol. The fraction of sp³-hybridized carbons (Fsp3) is 0.217. The highest BCUT2D eigenvalue weighted by atomic mass is 32.1. The van der Waals surface area contributed by atoms with E-state index in [4.69, 9.17) is 21.7 Å². The van der Waals surface area contributed by atoms with E-state index in [9.17, 15) is 0 Å². The van der Waals surface area contributed by atoms with E-state index >= 15 is 0 Å². The van der Waals surface area contributed by atoms with Gasteiger partial charge in [-0.2, -0.15) is 0 Å². The van der Waals surface area contributed by atoms with Crippen LogP contribution in [0.25, 0.3) is 0 Å². The third-order valence-corrected chi connectivity index (χ3v) is 6.44. The van der Waals surface area contributed by atoms with Gasteiger partial charge in [0, 0.05) is 34.9 Å². The smallest absolute Gasteiger partial charge is 0.231 e. The number of thiocarbonyl (C=S) groups is 1. The fourth-order valence-corrected chi connectivity index (χ4v) is 5.06. The SMILES string of the molecule is Cc1cc([C@H]2[C@H](c3ccccn3)NC(=S)N2c2ccc3c(c2)OCO3)c(C)n1-n1cnnc1. The summed E-state index contributed by atoms with van der Waals surface area (Å²) in [6.45, 7) is 4.39. The van der Waals surface area contributed by atoms with E-state index in [-0.39, 0.29) is 18.9 Å². The summed E-state index contributed by atoms with van der Waals surface area (Å²) < 4.78 is 15.1. The van der Waals surface area contributed by atoms with Gasteiger partial charge in [0.15, 0.2) is 16.6 Å². The van der Waals surface area contributed by atoms with Gasteiger partial charge in [-0.3, -0.25) is 9.66 Å². The molecule has 2 aliphatic rings.